The van der Waals surface area contributed by atoms with Crippen LogP contribution < -0.4 is 10.2 Å². The molecule has 17 heavy (non-hydrogen) atoms. The molecule has 5 nitrogen and oxygen atoms in total. The second-order valence-electron chi connectivity index (χ2n) is 3.53. The van der Waals surface area contributed by atoms with Gasteiger partial charge >= 0.3 is 0 Å². The number of aromatic nitrogens is 1. The highest BCUT2D eigenvalue weighted by Gasteiger charge is 2.07. The molecule has 0 aliphatic heterocycles. The van der Waals surface area contributed by atoms with Gasteiger partial charge in [0.1, 0.15) is 5.82 Å². The summed E-state index contributed by atoms with van der Waals surface area (Å²) in [5.74, 6) is 0.712. The van der Waals surface area contributed by atoms with Crippen molar-refractivity contribution >= 4 is 27.7 Å². The van der Waals surface area contributed by atoms with E-state index in [1.807, 2.05) is 19.2 Å². The van der Waals surface area contributed by atoms with E-state index in [-0.39, 0.29) is 12.5 Å². The number of nitrogens with zero attached hydrogens (tertiary/aromatic N) is 2. The molecule has 1 N–H and O–H groups in total. The molecule has 0 aliphatic rings. The molecular formula is C11H16BrN3O2. The number of nitrogens with one attached hydrogen (secondary N) is 1. The van der Waals surface area contributed by atoms with Crippen LogP contribution in [0.5, 0.6) is 0 Å². The predicted octanol–water partition coefficient (Wildman–Crippen LogP) is 1.04. The lowest BCUT2D eigenvalue weighted by atomic mass is 10.4. The minimum Gasteiger partial charge on any atom is -0.383 e. The number of likely N-dealkylation sites (N-methyl/N-ethyl adjacent to an activating group) is 1. The Morgan fingerprint density at radius 2 is 2.35 bits per heavy atom. The second-order valence-corrected chi connectivity index (χ2v) is 4.45. The fourth-order valence-electron chi connectivity index (χ4n) is 1.24. The summed E-state index contributed by atoms with van der Waals surface area (Å²) in [6, 6.07) is 3.74. The minimum absolute atomic E-state index is 0.0470. The van der Waals surface area contributed by atoms with Crippen molar-refractivity contribution in [2.45, 2.75) is 0 Å². The molecule has 94 valence electrons. The highest BCUT2D eigenvalue weighted by molar-refractivity contribution is 9.10. The Balaban J connectivity index is 2.40. The number of methoxy groups -OCH3 is 1. The Kier molecular flexibility index (Phi) is 5.93. The van der Waals surface area contributed by atoms with Crippen LogP contribution in [0.25, 0.3) is 0 Å². The zero-order valence-corrected chi connectivity index (χ0v) is 11.5. The van der Waals surface area contributed by atoms with Gasteiger partial charge in [0.15, 0.2) is 0 Å². The standard InChI is InChI=1S/C11H16BrN3O2/c1-15(8-11(16)13-5-6-17-2)10-4-3-9(12)7-14-10/h3-4,7H,5-6,8H2,1-2H3,(H,13,16). The van der Waals surface area contributed by atoms with Crippen LogP contribution in [0.15, 0.2) is 22.8 Å². The van der Waals surface area contributed by atoms with Gasteiger partial charge in [-0.2, -0.15) is 0 Å². The average Bonchev–Trinajstić information content (AvgIpc) is 2.30. The van der Waals surface area contributed by atoms with Crippen LogP contribution in [0.1, 0.15) is 0 Å². The highest BCUT2D eigenvalue weighted by atomic mass is 79.9. The summed E-state index contributed by atoms with van der Waals surface area (Å²) in [7, 11) is 3.43. The maximum Gasteiger partial charge on any atom is 0.239 e. The maximum absolute atomic E-state index is 11.5. The van der Waals surface area contributed by atoms with E-state index < -0.39 is 0 Å². The van der Waals surface area contributed by atoms with Crippen molar-refractivity contribution < 1.29 is 9.53 Å². The van der Waals surface area contributed by atoms with E-state index in [0.29, 0.717) is 13.2 Å². The number of halogens is 1. The van der Waals surface area contributed by atoms with E-state index in [1.54, 1.807) is 18.2 Å². The summed E-state index contributed by atoms with van der Waals surface area (Å²) in [5, 5.41) is 2.75. The molecule has 0 aromatic carbocycles. The van der Waals surface area contributed by atoms with Crippen molar-refractivity contribution in [1.29, 1.82) is 0 Å². The molecule has 0 fully saturated rings. The SMILES string of the molecule is COCCNC(=O)CN(C)c1ccc(Br)cn1. The van der Waals surface area contributed by atoms with E-state index in [4.69, 9.17) is 4.74 Å². The lowest BCUT2D eigenvalue weighted by Gasteiger charge is -2.17. The van der Waals surface area contributed by atoms with Gasteiger partial charge in [-0.1, -0.05) is 0 Å². The van der Waals surface area contributed by atoms with Gasteiger partial charge in [-0.15, -0.1) is 0 Å². The normalized spacial score (nSPS) is 10.1. The number of pyridine rings is 1. The Hall–Kier alpha value is -1.14. The number of carbonyl (C=O) groups is 1. The van der Waals surface area contributed by atoms with Gasteiger partial charge in [0.05, 0.1) is 13.2 Å². The first kappa shape index (κ1) is 13.9. The van der Waals surface area contributed by atoms with Gasteiger partial charge in [0.2, 0.25) is 5.91 Å². The van der Waals surface area contributed by atoms with Crippen molar-refractivity contribution in [3.05, 3.63) is 22.8 Å². The Morgan fingerprint density at radius 3 is 2.94 bits per heavy atom. The third-order valence-corrected chi connectivity index (χ3v) is 2.58. The lowest BCUT2D eigenvalue weighted by molar-refractivity contribution is -0.119. The van der Waals surface area contributed by atoms with Gasteiger partial charge < -0.3 is 15.0 Å². The third-order valence-electron chi connectivity index (χ3n) is 2.11. The molecule has 1 rings (SSSR count). The van der Waals surface area contributed by atoms with Crippen LogP contribution >= 0.6 is 15.9 Å². The number of carbonyl (C=O) groups excluding carboxylic acids is 1. The summed E-state index contributed by atoms with van der Waals surface area (Å²) < 4.78 is 5.77. The molecule has 0 atom stereocenters. The third kappa shape index (κ3) is 5.14. The number of rotatable bonds is 6. The largest absolute Gasteiger partial charge is 0.383 e. The molecule has 0 bridgehead atoms. The molecule has 1 heterocycles. The maximum atomic E-state index is 11.5. The van der Waals surface area contributed by atoms with E-state index in [2.05, 4.69) is 26.2 Å². The molecular weight excluding hydrogens is 286 g/mol. The van der Waals surface area contributed by atoms with Crippen LogP contribution in [0.4, 0.5) is 5.82 Å². The van der Waals surface area contributed by atoms with Crippen LogP contribution in [0, 0.1) is 0 Å². The van der Waals surface area contributed by atoms with Crippen LogP contribution in [-0.2, 0) is 9.53 Å². The Labute approximate surface area is 109 Å². The van der Waals surface area contributed by atoms with Gasteiger partial charge in [-0.05, 0) is 28.1 Å². The molecule has 1 aromatic heterocycles. The lowest BCUT2D eigenvalue weighted by Crippen LogP contribution is -2.36. The fraction of sp³-hybridized carbons (Fsp3) is 0.455. The predicted molar refractivity (Wildman–Crippen MR) is 70.1 cm³/mol. The quantitative estimate of drug-likeness (QED) is 0.798. The van der Waals surface area contributed by atoms with E-state index in [0.717, 1.165) is 10.3 Å². The summed E-state index contributed by atoms with van der Waals surface area (Å²) in [5.41, 5.74) is 0. The summed E-state index contributed by atoms with van der Waals surface area (Å²) >= 11 is 3.31. The van der Waals surface area contributed by atoms with Gasteiger partial charge in [0.25, 0.3) is 0 Å². The first-order chi connectivity index (χ1) is 8.13. The highest BCUT2D eigenvalue weighted by Crippen LogP contribution is 2.12. The first-order valence-corrected chi connectivity index (χ1v) is 6.01. The molecule has 0 saturated carbocycles. The molecule has 0 unspecified atom stereocenters. The van der Waals surface area contributed by atoms with E-state index in [1.165, 1.54) is 0 Å². The van der Waals surface area contributed by atoms with Crippen molar-refractivity contribution in [3.63, 3.8) is 0 Å². The first-order valence-electron chi connectivity index (χ1n) is 5.22. The van der Waals surface area contributed by atoms with Crippen LogP contribution in [-0.4, -0.2) is 44.7 Å². The van der Waals surface area contributed by atoms with E-state index >= 15 is 0 Å². The van der Waals surface area contributed by atoms with Crippen LogP contribution in [0.2, 0.25) is 0 Å². The monoisotopic (exact) mass is 301 g/mol. The van der Waals surface area contributed by atoms with Crippen molar-refractivity contribution in [2.24, 2.45) is 0 Å². The summed E-state index contributed by atoms with van der Waals surface area (Å²) in [4.78, 5) is 17.5. The molecule has 0 aliphatic carbocycles. The molecule has 1 aromatic rings. The zero-order valence-electron chi connectivity index (χ0n) is 9.94. The summed E-state index contributed by atoms with van der Waals surface area (Å²) in [6.45, 7) is 1.32. The van der Waals surface area contributed by atoms with Crippen molar-refractivity contribution in [2.75, 3.05) is 38.8 Å². The number of anilines is 1. The zero-order chi connectivity index (χ0) is 12.7. The number of amides is 1. The van der Waals surface area contributed by atoms with Crippen molar-refractivity contribution in [1.82, 2.24) is 10.3 Å². The molecule has 0 spiro atoms. The number of ether oxygens (including phenoxy) is 1. The molecule has 0 radical (unpaired) electrons. The topological polar surface area (TPSA) is 54.5 Å². The van der Waals surface area contributed by atoms with Crippen molar-refractivity contribution in [3.8, 4) is 0 Å². The smallest absolute Gasteiger partial charge is 0.239 e. The molecule has 0 saturated heterocycles. The Morgan fingerprint density at radius 1 is 1.59 bits per heavy atom. The summed E-state index contributed by atoms with van der Waals surface area (Å²) in [6.07, 6.45) is 1.70. The number of hydrogen-bond acceptors (Lipinski definition) is 4. The van der Waals surface area contributed by atoms with E-state index in [9.17, 15) is 4.79 Å². The van der Waals surface area contributed by atoms with Gasteiger partial charge in [-0.3, -0.25) is 4.79 Å². The number of hydrogen-bond donors (Lipinski definition) is 1. The minimum atomic E-state index is -0.0470. The van der Waals surface area contributed by atoms with Crippen LogP contribution in [0.3, 0.4) is 0 Å². The Bertz CT molecular complexity index is 356. The van der Waals surface area contributed by atoms with Gasteiger partial charge in [-0.25, -0.2) is 4.98 Å². The second kappa shape index (κ2) is 7.24. The van der Waals surface area contributed by atoms with Gasteiger partial charge in [0, 0.05) is 31.4 Å². The molecule has 1 amide bonds. The fourth-order valence-corrected chi connectivity index (χ4v) is 1.47. The average molecular weight is 302 g/mol. The molecule has 6 heteroatoms.